The number of hydrogen-bond donors (Lipinski definition) is 2. The topological polar surface area (TPSA) is 61.4 Å². The molecule has 3 saturated heterocycles. The first kappa shape index (κ1) is 13.8. The molecule has 5 nitrogen and oxygen atoms in total. The van der Waals surface area contributed by atoms with Gasteiger partial charge in [-0.25, -0.2) is 13.1 Å². The summed E-state index contributed by atoms with van der Waals surface area (Å²) < 4.78 is 27.6. The van der Waals surface area contributed by atoms with E-state index >= 15 is 0 Å². The van der Waals surface area contributed by atoms with Gasteiger partial charge in [-0.2, -0.15) is 0 Å². The van der Waals surface area contributed by atoms with E-state index in [2.05, 4.69) is 14.9 Å². The highest BCUT2D eigenvalue weighted by Crippen LogP contribution is 2.28. The van der Waals surface area contributed by atoms with Gasteiger partial charge in [-0.1, -0.05) is 0 Å². The van der Waals surface area contributed by atoms with Gasteiger partial charge in [0.15, 0.2) is 0 Å². The maximum Gasteiger partial charge on any atom is 0.212 e. The van der Waals surface area contributed by atoms with Crippen molar-refractivity contribution in [1.29, 1.82) is 0 Å². The minimum Gasteiger partial charge on any atom is -0.317 e. The lowest BCUT2D eigenvalue weighted by Gasteiger charge is -2.25. The Balaban J connectivity index is 1.55. The molecule has 3 aliphatic rings. The zero-order chi connectivity index (χ0) is 13.3. The predicted molar refractivity (Wildman–Crippen MR) is 75.5 cm³/mol. The molecule has 110 valence electrons. The Labute approximate surface area is 116 Å². The highest BCUT2D eigenvalue weighted by molar-refractivity contribution is 7.89. The molecule has 0 saturated carbocycles. The summed E-state index contributed by atoms with van der Waals surface area (Å²) in [6, 6.07) is 0.622. The van der Waals surface area contributed by atoms with Crippen molar-refractivity contribution < 1.29 is 8.42 Å². The third kappa shape index (κ3) is 3.29. The monoisotopic (exact) mass is 287 g/mol. The Hall–Kier alpha value is -0.170. The first-order valence-electron chi connectivity index (χ1n) is 7.59. The van der Waals surface area contributed by atoms with E-state index in [0.717, 1.165) is 51.9 Å². The van der Waals surface area contributed by atoms with Crippen LogP contribution in [-0.4, -0.2) is 57.3 Å². The molecule has 0 radical (unpaired) electrons. The number of nitrogens with one attached hydrogen (secondary N) is 2. The van der Waals surface area contributed by atoms with E-state index in [4.69, 9.17) is 0 Å². The number of piperidine rings is 1. The van der Waals surface area contributed by atoms with E-state index in [0.29, 0.717) is 17.7 Å². The summed E-state index contributed by atoms with van der Waals surface area (Å²) in [5, 5.41) is 3.28. The Morgan fingerprint density at radius 2 is 1.89 bits per heavy atom. The molecule has 3 fully saturated rings. The van der Waals surface area contributed by atoms with E-state index in [1.54, 1.807) is 0 Å². The number of sulfonamides is 1. The van der Waals surface area contributed by atoms with Crippen molar-refractivity contribution in [3.05, 3.63) is 0 Å². The summed E-state index contributed by atoms with van der Waals surface area (Å²) in [5.41, 5.74) is 0. The van der Waals surface area contributed by atoms with Gasteiger partial charge >= 0.3 is 0 Å². The van der Waals surface area contributed by atoms with Gasteiger partial charge in [-0.05, 0) is 57.7 Å². The van der Waals surface area contributed by atoms with E-state index in [1.165, 1.54) is 6.42 Å². The molecule has 6 heteroatoms. The van der Waals surface area contributed by atoms with Crippen molar-refractivity contribution in [2.24, 2.45) is 5.92 Å². The molecule has 3 heterocycles. The van der Waals surface area contributed by atoms with Crippen molar-refractivity contribution in [3.8, 4) is 0 Å². The average Bonchev–Trinajstić information content (AvgIpc) is 2.95. The van der Waals surface area contributed by atoms with Crippen molar-refractivity contribution in [3.63, 3.8) is 0 Å². The SMILES string of the molecule is O=S(=O)(CC1CCNCC1)NC1CCN2CCCC12. The molecule has 0 aromatic heterocycles. The van der Waals surface area contributed by atoms with Crippen LogP contribution in [-0.2, 0) is 10.0 Å². The van der Waals surface area contributed by atoms with Gasteiger partial charge < -0.3 is 5.32 Å². The molecule has 2 atom stereocenters. The van der Waals surface area contributed by atoms with Crippen LogP contribution in [0.5, 0.6) is 0 Å². The number of nitrogens with zero attached hydrogens (tertiary/aromatic N) is 1. The molecule has 3 aliphatic heterocycles. The first-order chi connectivity index (χ1) is 9.14. The molecule has 0 aromatic rings. The summed E-state index contributed by atoms with van der Waals surface area (Å²) >= 11 is 0. The fourth-order valence-corrected chi connectivity index (χ4v) is 5.64. The zero-order valence-electron chi connectivity index (χ0n) is 11.5. The highest BCUT2D eigenvalue weighted by atomic mass is 32.2. The summed E-state index contributed by atoms with van der Waals surface area (Å²) in [4.78, 5) is 2.44. The third-order valence-electron chi connectivity index (χ3n) is 4.85. The van der Waals surface area contributed by atoms with Crippen LogP contribution in [0.1, 0.15) is 32.1 Å². The second-order valence-corrected chi connectivity index (χ2v) is 8.03. The maximum atomic E-state index is 12.3. The van der Waals surface area contributed by atoms with Gasteiger partial charge in [-0.3, -0.25) is 4.90 Å². The lowest BCUT2D eigenvalue weighted by molar-refractivity contribution is 0.308. The quantitative estimate of drug-likeness (QED) is 0.772. The second-order valence-electron chi connectivity index (χ2n) is 6.23. The Morgan fingerprint density at radius 3 is 2.68 bits per heavy atom. The predicted octanol–water partition coefficient (Wildman–Crippen LogP) is 0.142. The van der Waals surface area contributed by atoms with Crippen molar-refractivity contribution in [2.45, 2.75) is 44.2 Å². The van der Waals surface area contributed by atoms with Gasteiger partial charge in [0.05, 0.1) is 5.75 Å². The summed E-state index contributed by atoms with van der Waals surface area (Å²) in [5.74, 6) is 0.651. The second kappa shape index (κ2) is 5.68. The standard InChI is InChI=1S/C13H25N3O2S/c17-19(18,10-11-3-6-14-7-4-11)15-12-5-9-16-8-1-2-13(12)16/h11-15H,1-10H2. The summed E-state index contributed by atoms with van der Waals surface area (Å²) in [6.07, 6.45) is 5.33. The van der Waals surface area contributed by atoms with E-state index < -0.39 is 10.0 Å². The molecule has 2 N–H and O–H groups in total. The van der Waals surface area contributed by atoms with Crippen molar-refractivity contribution in [2.75, 3.05) is 31.9 Å². The fourth-order valence-electron chi connectivity index (χ4n) is 3.86. The van der Waals surface area contributed by atoms with Crippen LogP contribution < -0.4 is 10.0 Å². The third-order valence-corrected chi connectivity index (χ3v) is 6.42. The molecule has 0 aliphatic carbocycles. The minimum absolute atomic E-state index is 0.161. The molecule has 19 heavy (non-hydrogen) atoms. The van der Waals surface area contributed by atoms with Crippen LogP contribution in [0.15, 0.2) is 0 Å². The van der Waals surface area contributed by atoms with E-state index in [1.807, 2.05) is 0 Å². The highest BCUT2D eigenvalue weighted by Gasteiger charge is 2.39. The zero-order valence-corrected chi connectivity index (χ0v) is 12.3. The average molecular weight is 287 g/mol. The minimum atomic E-state index is -3.11. The van der Waals surface area contributed by atoms with Gasteiger partial charge in [0.1, 0.15) is 0 Å². The number of fused-ring (bicyclic) bond motifs is 1. The van der Waals surface area contributed by atoms with Gasteiger partial charge in [0, 0.05) is 18.6 Å². The Kier molecular flexibility index (Phi) is 4.12. The number of hydrogen-bond acceptors (Lipinski definition) is 4. The van der Waals surface area contributed by atoms with Crippen LogP contribution in [0.25, 0.3) is 0 Å². The van der Waals surface area contributed by atoms with Crippen LogP contribution >= 0.6 is 0 Å². The van der Waals surface area contributed by atoms with Crippen LogP contribution in [0.2, 0.25) is 0 Å². The molecular formula is C13H25N3O2S. The molecule has 3 rings (SSSR count). The Morgan fingerprint density at radius 1 is 1.11 bits per heavy atom. The van der Waals surface area contributed by atoms with Crippen LogP contribution in [0.4, 0.5) is 0 Å². The Bertz CT molecular complexity index is 406. The largest absolute Gasteiger partial charge is 0.317 e. The van der Waals surface area contributed by atoms with Crippen LogP contribution in [0.3, 0.4) is 0 Å². The van der Waals surface area contributed by atoms with Gasteiger partial charge in [0.25, 0.3) is 0 Å². The van der Waals surface area contributed by atoms with Crippen molar-refractivity contribution in [1.82, 2.24) is 14.9 Å². The van der Waals surface area contributed by atoms with Crippen molar-refractivity contribution >= 4 is 10.0 Å². The summed E-state index contributed by atoms with van der Waals surface area (Å²) in [6.45, 7) is 4.13. The van der Waals surface area contributed by atoms with E-state index in [-0.39, 0.29) is 6.04 Å². The molecule has 0 spiro atoms. The molecule has 0 bridgehead atoms. The first-order valence-corrected chi connectivity index (χ1v) is 9.24. The van der Waals surface area contributed by atoms with Gasteiger partial charge in [0.2, 0.25) is 10.0 Å². The molecule has 0 aromatic carbocycles. The molecule has 2 unspecified atom stereocenters. The van der Waals surface area contributed by atoms with Gasteiger partial charge in [-0.15, -0.1) is 0 Å². The lowest BCUT2D eigenvalue weighted by atomic mass is 10.0. The van der Waals surface area contributed by atoms with Crippen LogP contribution in [0, 0.1) is 5.92 Å². The molecule has 0 amide bonds. The maximum absolute atomic E-state index is 12.3. The fraction of sp³-hybridized carbons (Fsp3) is 1.00. The normalized spacial score (nSPS) is 33.7. The summed E-state index contributed by atoms with van der Waals surface area (Å²) in [7, 11) is -3.11. The molecular weight excluding hydrogens is 262 g/mol. The lowest BCUT2D eigenvalue weighted by Crippen LogP contribution is -2.44. The smallest absolute Gasteiger partial charge is 0.212 e. The van der Waals surface area contributed by atoms with E-state index in [9.17, 15) is 8.42 Å². The number of rotatable bonds is 4.